The van der Waals surface area contributed by atoms with E-state index in [4.69, 9.17) is 9.15 Å². The van der Waals surface area contributed by atoms with Crippen molar-refractivity contribution in [3.05, 3.63) is 68.8 Å². The highest BCUT2D eigenvalue weighted by Crippen LogP contribution is 2.29. The van der Waals surface area contributed by atoms with Gasteiger partial charge in [-0.05, 0) is 54.8 Å². The number of fused-ring (bicyclic) bond motifs is 1. The van der Waals surface area contributed by atoms with Crippen LogP contribution in [0.5, 0.6) is 5.75 Å². The van der Waals surface area contributed by atoms with Gasteiger partial charge in [-0.2, -0.15) is 8.42 Å². The Morgan fingerprint density at radius 2 is 1.88 bits per heavy atom. The van der Waals surface area contributed by atoms with Crippen LogP contribution in [0.4, 0.5) is 14.9 Å². The van der Waals surface area contributed by atoms with E-state index < -0.39 is 27.7 Å². The van der Waals surface area contributed by atoms with Crippen molar-refractivity contribution in [2.24, 2.45) is 0 Å². The number of benzene rings is 2. The van der Waals surface area contributed by atoms with Gasteiger partial charge in [-0.25, -0.2) is 18.7 Å². The average molecular weight is 478 g/mol. The standard InChI is InChI=1S/C22H24FN3O6S/c1-12-8-16-13(2)17(21(27)31-20(16)11-19(12)32-22(28)26(4)5)10-14-9-15(6-7-18(14)23)25-33(29,30)24-3/h6-9,11,24-25H,10H2,1-5H3. The van der Waals surface area contributed by atoms with E-state index in [1.165, 1.54) is 30.1 Å². The molecule has 1 aromatic heterocycles. The Balaban J connectivity index is 2.03. The number of carbonyl (C=O) groups is 1. The van der Waals surface area contributed by atoms with Crippen LogP contribution in [0.1, 0.15) is 22.3 Å². The molecule has 0 fully saturated rings. The van der Waals surface area contributed by atoms with E-state index in [2.05, 4.69) is 9.44 Å². The molecule has 0 aliphatic heterocycles. The molecule has 2 aromatic carbocycles. The van der Waals surface area contributed by atoms with Gasteiger partial charge in [-0.3, -0.25) is 4.72 Å². The molecule has 3 aromatic rings. The van der Waals surface area contributed by atoms with Crippen molar-refractivity contribution in [3.8, 4) is 5.75 Å². The molecule has 0 saturated carbocycles. The summed E-state index contributed by atoms with van der Waals surface area (Å²) in [5.74, 6) is -0.338. The van der Waals surface area contributed by atoms with Gasteiger partial charge in [0, 0.05) is 44.6 Å². The zero-order valence-corrected chi connectivity index (χ0v) is 19.6. The molecule has 0 spiro atoms. The van der Waals surface area contributed by atoms with Crippen molar-refractivity contribution in [2.75, 3.05) is 25.9 Å². The van der Waals surface area contributed by atoms with Crippen LogP contribution in [0.2, 0.25) is 0 Å². The number of nitrogens with one attached hydrogen (secondary N) is 2. The summed E-state index contributed by atoms with van der Waals surface area (Å²) >= 11 is 0. The molecule has 11 heteroatoms. The van der Waals surface area contributed by atoms with Crippen LogP contribution in [0.15, 0.2) is 39.5 Å². The lowest BCUT2D eigenvalue weighted by molar-refractivity contribution is 0.171. The third kappa shape index (κ3) is 5.32. The molecule has 1 heterocycles. The molecule has 3 rings (SSSR count). The first-order chi connectivity index (χ1) is 15.4. The van der Waals surface area contributed by atoms with Crippen molar-refractivity contribution >= 4 is 33.0 Å². The zero-order valence-electron chi connectivity index (χ0n) is 18.8. The minimum absolute atomic E-state index is 0.110. The highest BCUT2D eigenvalue weighted by molar-refractivity contribution is 7.90. The maximum absolute atomic E-state index is 14.5. The summed E-state index contributed by atoms with van der Waals surface area (Å²) in [6.45, 7) is 3.46. The number of aryl methyl sites for hydroxylation is 2. The minimum Gasteiger partial charge on any atom is -0.422 e. The summed E-state index contributed by atoms with van der Waals surface area (Å²) < 4.78 is 53.1. The van der Waals surface area contributed by atoms with E-state index in [0.717, 1.165) is 6.07 Å². The highest BCUT2D eigenvalue weighted by atomic mass is 32.2. The Bertz CT molecular complexity index is 1400. The number of hydrogen-bond acceptors (Lipinski definition) is 6. The fourth-order valence-corrected chi connectivity index (χ4v) is 3.73. The van der Waals surface area contributed by atoms with Crippen molar-refractivity contribution in [1.29, 1.82) is 0 Å². The van der Waals surface area contributed by atoms with E-state index in [-0.39, 0.29) is 34.6 Å². The van der Waals surface area contributed by atoms with Gasteiger partial charge in [0.1, 0.15) is 17.1 Å². The SMILES string of the molecule is CNS(=O)(=O)Nc1ccc(F)c(Cc2c(C)c3cc(C)c(OC(=O)N(C)C)cc3oc2=O)c1. The molecular weight excluding hydrogens is 453 g/mol. The van der Waals surface area contributed by atoms with Crippen molar-refractivity contribution < 1.29 is 26.8 Å². The van der Waals surface area contributed by atoms with Gasteiger partial charge in [0.25, 0.3) is 10.2 Å². The minimum atomic E-state index is -3.78. The number of nitrogens with zero attached hydrogens (tertiary/aromatic N) is 1. The number of hydrogen-bond donors (Lipinski definition) is 2. The first-order valence-electron chi connectivity index (χ1n) is 9.87. The predicted molar refractivity (Wildman–Crippen MR) is 122 cm³/mol. The Morgan fingerprint density at radius 3 is 2.52 bits per heavy atom. The molecule has 0 saturated heterocycles. The quantitative estimate of drug-likeness (QED) is 0.527. The summed E-state index contributed by atoms with van der Waals surface area (Å²) in [4.78, 5) is 25.9. The maximum atomic E-state index is 14.5. The van der Waals surface area contributed by atoms with Gasteiger partial charge in [-0.15, -0.1) is 0 Å². The van der Waals surface area contributed by atoms with Crippen molar-refractivity contribution in [2.45, 2.75) is 20.3 Å². The first kappa shape index (κ1) is 24.2. The van der Waals surface area contributed by atoms with E-state index in [9.17, 15) is 22.4 Å². The molecule has 0 bridgehead atoms. The van der Waals surface area contributed by atoms with Crippen LogP contribution in [0.25, 0.3) is 11.0 Å². The monoisotopic (exact) mass is 477 g/mol. The molecule has 1 amide bonds. The van der Waals surface area contributed by atoms with Gasteiger partial charge >= 0.3 is 11.7 Å². The number of halogens is 1. The smallest absolute Gasteiger partial charge is 0.414 e. The number of anilines is 1. The normalized spacial score (nSPS) is 11.5. The topological polar surface area (TPSA) is 118 Å². The van der Waals surface area contributed by atoms with Crippen LogP contribution in [-0.2, 0) is 16.6 Å². The second-order valence-corrected chi connectivity index (χ2v) is 9.28. The maximum Gasteiger partial charge on any atom is 0.414 e. The predicted octanol–water partition coefficient (Wildman–Crippen LogP) is 3.08. The Labute approximate surface area is 190 Å². The van der Waals surface area contributed by atoms with Crippen LogP contribution in [0.3, 0.4) is 0 Å². The van der Waals surface area contributed by atoms with E-state index >= 15 is 0 Å². The molecule has 0 aliphatic rings. The Hall–Kier alpha value is -3.44. The summed E-state index contributed by atoms with van der Waals surface area (Å²) in [7, 11) is 0.554. The molecule has 2 N–H and O–H groups in total. The lowest BCUT2D eigenvalue weighted by Crippen LogP contribution is -2.26. The second-order valence-electron chi connectivity index (χ2n) is 7.66. The second kappa shape index (κ2) is 9.20. The summed E-state index contributed by atoms with van der Waals surface area (Å²) in [6.07, 6.45) is -0.682. The summed E-state index contributed by atoms with van der Waals surface area (Å²) in [5.41, 5.74) is 1.28. The van der Waals surface area contributed by atoms with Crippen molar-refractivity contribution in [1.82, 2.24) is 9.62 Å². The third-order valence-corrected chi connectivity index (χ3v) is 6.12. The third-order valence-electron chi connectivity index (χ3n) is 5.08. The summed E-state index contributed by atoms with van der Waals surface area (Å²) in [6, 6.07) is 6.92. The van der Waals surface area contributed by atoms with E-state index in [1.807, 2.05) is 0 Å². The van der Waals surface area contributed by atoms with Crippen LogP contribution in [0, 0.1) is 19.7 Å². The molecule has 176 valence electrons. The molecule has 0 radical (unpaired) electrons. The number of carbonyl (C=O) groups excluding carboxylic acids is 1. The lowest BCUT2D eigenvalue weighted by atomic mass is 9.98. The number of rotatable bonds is 6. The molecule has 0 atom stereocenters. The van der Waals surface area contributed by atoms with Gasteiger partial charge in [0.05, 0.1) is 5.69 Å². The van der Waals surface area contributed by atoms with Gasteiger partial charge in [0.15, 0.2) is 0 Å². The van der Waals surface area contributed by atoms with Crippen LogP contribution in [-0.4, -0.2) is 40.6 Å². The fourth-order valence-electron chi connectivity index (χ4n) is 3.19. The highest BCUT2D eigenvalue weighted by Gasteiger charge is 2.18. The Morgan fingerprint density at radius 1 is 1.18 bits per heavy atom. The molecule has 0 aliphatic carbocycles. The van der Waals surface area contributed by atoms with Gasteiger partial charge in [0.2, 0.25) is 0 Å². The lowest BCUT2D eigenvalue weighted by Gasteiger charge is -2.14. The largest absolute Gasteiger partial charge is 0.422 e. The van der Waals surface area contributed by atoms with Gasteiger partial charge < -0.3 is 14.1 Å². The number of amides is 1. The van der Waals surface area contributed by atoms with Gasteiger partial charge in [-0.1, -0.05) is 0 Å². The van der Waals surface area contributed by atoms with E-state index in [0.29, 0.717) is 16.5 Å². The molecule has 0 unspecified atom stereocenters. The molecule has 33 heavy (non-hydrogen) atoms. The molecular formula is C22H24FN3O6S. The summed E-state index contributed by atoms with van der Waals surface area (Å²) in [5, 5.41) is 0.610. The van der Waals surface area contributed by atoms with Crippen LogP contribution >= 0.6 is 0 Å². The number of ether oxygens (including phenoxy) is 1. The molecule has 9 nitrogen and oxygen atoms in total. The van der Waals surface area contributed by atoms with E-state index in [1.54, 1.807) is 34.0 Å². The zero-order chi connectivity index (χ0) is 24.5. The van der Waals surface area contributed by atoms with Crippen LogP contribution < -0.4 is 19.8 Å². The average Bonchev–Trinajstić information content (AvgIpc) is 2.74. The Kier molecular flexibility index (Phi) is 6.75. The first-order valence-corrected chi connectivity index (χ1v) is 11.4. The van der Waals surface area contributed by atoms with Crippen molar-refractivity contribution in [3.63, 3.8) is 0 Å². The fraction of sp³-hybridized carbons (Fsp3) is 0.273.